The smallest absolute Gasteiger partial charge is 0.254 e. The summed E-state index contributed by atoms with van der Waals surface area (Å²) in [6, 6.07) is 3.55. The van der Waals surface area contributed by atoms with Gasteiger partial charge in [-0.2, -0.15) is 0 Å². The second-order valence-corrected chi connectivity index (χ2v) is 6.84. The van der Waals surface area contributed by atoms with Crippen LogP contribution in [0.15, 0.2) is 18.3 Å². The first-order valence-corrected chi connectivity index (χ1v) is 8.06. The number of carbonyl (C=O) groups excluding carboxylic acids is 2. The molecule has 1 saturated heterocycles. The molecule has 1 aromatic rings. The Labute approximate surface area is 137 Å². The molecule has 1 N–H and O–H groups in total. The number of hydrogen-bond acceptors (Lipinski definition) is 4. The van der Waals surface area contributed by atoms with Gasteiger partial charge in [0.05, 0.1) is 5.56 Å². The summed E-state index contributed by atoms with van der Waals surface area (Å²) in [6.45, 7) is 8.70. The largest absolute Gasteiger partial charge is 0.355 e. The van der Waals surface area contributed by atoms with E-state index in [1.807, 2.05) is 25.7 Å². The normalized spacial score (nSPS) is 16.0. The zero-order valence-corrected chi connectivity index (χ0v) is 14.4. The summed E-state index contributed by atoms with van der Waals surface area (Å²) in [6.07, 6.45) is 2.57. The summed E-state index contributed by atoms with van der Waals surface area (Å²) >= 11 is 0. The Balaban J connectivity index is 2.16. The summed E-state index contributed by atoms with van der Waals surface area (Å²) in [4.78, 5) is 32.9. The zero-order chi connectivity index (χ0) is 17.0. The highest BCUT2D eigenvalue weighted by Crippen LogP contribution is 2.22. The zero-order valence-electron chi connectivity index (χ0n) is 14.4. The van der Waals surface area contributed by atoms with Crippen LogP contribution in [0.3, 0.4) is 0 Å². The molecule has 0 radical (unpaired) electrons. The van der Waals surface area contributed by atoms with Crippen molar-refractivity contribution in [3.63, 3.8) is 0 Å². The van der Waals surface area contributed by atoms with E-state index >= 15 is 0 Å². The van der Waals surface area contributed by atoms with Crippen molar-refractivity contribution in [3.05, 3.63) is 23.9 Å². The van der Waals surface area contributed by atoms with Gasteiger partial charge in [0.2, 0.25) is 5.91 Å². The van der Waals surface area contributed by atoms with Gasteiger partial charge in [-0.05, 0) is 18.6 Å². The number of nitrogens with one attached hydrogen (secondary N) is 1. The van der Waals surface area contributed by atoms with Crippen molar-refractivity contribution in [3.8, 4) is 0 Å². The topological polar surface area (TPSA) is 65.5 Å². The van der Waals surface area contributed by atoms with Gasteiger partial charge in [-0.15, -0.1) is 0 Å². The van der Waals surface area contributed by atoms with Gasteiger partial charge in [0, 0.05) is 44.8 Å². The highest BCUT2D eigenvalue weighted by Gasteiger charge is 2.29. The third kappa shape index (κ3) is 4.00. The van der Waals surface area contributed by atoms with Crippen LogP contribution in [0.25, 0.3) is 0 Å². The molecule has 126 valence electrons. The number of hydrogen-bond donors (Lipinski definition) is 1. The summed E-state index contributed by atoms with van der Waals surface area (Å²) in [5, 5.41) is 2.65. The highest BCUT2D eigenvalue weighted by molar-refractivity contribution is 5.98. The minimum atomic E-state index is -0.368. The molecule has 6 nitrogen and oxygen atoms in total. The van der Waals surface area contributed by atoms with Gasteiger partial charge in [0.15, 0.2) is 0 Å². The number of carbonyl (C=O) groups is 2. The predicted molar refractivity (Wildman–Crippen MR) is 90.5 cm³/mol. The van der Waals surface area contributed by atoms with Crippen LogP contribution in [0.4, 0.5) is 5.82 Å². The van der Waals surface area contributed by atoms with Gasteiger partial charge in [0.25, 0.3) is 5.91 Å². The van der Waals surface area contributed by atoms with Crippen LogP contribution in [0.5, 0.6) is 0 Å². The molecule has 0 aliphatic carbocycles. The molecular weight excluding hydrogens is 292 g/mol. The van der Waals surface area contributed by atoms with Crippen LogP contribution in [-0.2, 0) is 4.79 Å². The number of pyridine rings is 1. The third-order valence-electron chi connectivity index (χ3n) is 3.98. The highest BCUT2D eigenvalue weighted by atomic mass is 16.2. The molecule has 1 aliphatic heterocycles. The maximum Gasteiger partial charge on any atom is 0.254 e. The molecule has 0 saturated carbocycles. The Morgan fingerprint density at radius 1 is 1.17 bits per heavy atom. The Bertz CT molecular complexity index is 580. The molecule has 0 atom stereocenters. The summed E-state index contributed by atoms with van der Waals surface area (Å²) in [5.74, 6) is 0.726. The average Bonchev–Trinajstić information content (AvgIpc) is 2.78. The second kappa shape index (κ2) is 6.98. The lowest BCUT2D eigenvalue weighted by Crippen LogP contribution is -2.41. The summed E-state index contributed by atoms with van der Waals surface area (Å²) < 4.78 is 0. The fraction of sp³-hybridized carbons (Fsp3) is 0.588. The van der Waals surface area contributed by atoms with Crippen LogP contribution in [0, 0.1) is 5.41 Å². The van der Waals surface area contributed by atoms with E-state index in [0.29, 0.717) is 24.5 Å². The van der Waals surface area contributed by atoms with E-state index in [2.05, 4.69) is 15.2 Å². The van der Waals surface area contributed by atoms with Gasteiger partial charge in [-0.3, -0.25) is 9.59 Å². The SMILES string of the molecule is CNC(=O)c1cccnc1N1CCCN(C(=O)C(C)(C)C)CC1. The number of nitrogens with zero attached hydrogens (tertiary/aromatic N) is 3. The Morgan fingerprint density at radius 2 is 1.91 bits per heavy atom. The van der Waals surface area contributed by atoms with E-state index in [1.54, 1.807) is 25.4 Å². The molecular formula is C17H26N4O2. The molecule has 0 bridgehead atoms. The van der Waals surface area contributed by atoms with Crippen LogP contribution in [0.2, 0.25) is 0 Å². The summed E-state index contributed by atoms with van der Waals surface area (Å²) in [7, 11) is 1.62. The van der Waals surface area contributed by atoms with E-state index in [-0.39, 0.29) is 17.2 Å². The van der Waals surface area contributed by atoms with Crippen molar-refractivity contribution in [1.82, 2.24) is 15.2 Å². The Morgan fingerprint density at radius 3 is 2.57 bits per heavy atom. The van der Waals surface area contributed by atoms with Crippen molar-refractivity contribution < 1.29 is 9.59 Å². The third-order valence-corrected chi connectivity index (χ3v) is 3.98. The lowest BCUT2D eigenvalue weighted by Gasteiger charge is -2.28. The van der Waals surface area contributed by atoms with Gasteiger partial charge in [-0.1, -0.05) is 20.8 Å². The molecule has 1 aromatic heterocycles. The first-order valence-electron chi connectivity index (χ1n) is 8.06. The molecule has 0 spiro atoms. The van der Waals surface area contributed by atoms with Gasteiger partial charge in [-0.25, -0.2) is 4.98 Å². The lowest BCUT2D eigenvalue weighted by molar-refractivity contribution is -0.139. The van der Waals surface area contributed by atoms with Gasteiger partial charge >= 0.3 is 0 Å². The van der Waals surface area contributed by atoms with Gasteiger partial charge < -0.3 is 15.1 Å². The van der Waals surface area contributed by atoms with Crippen LogP contribution in [0.1, 0.15) is 37.6 Å². The fourth-order valence-corrected chi connectivity index (χ4v) is 2.77. The van der Waals surface area contributed by atoms with Crippen LogP contribution >= 0.6 is 0 Å². The monoisotopic (exact) mass is 318 g/mol. The second-order valence-electron chi connectivity index (χ2n) is 6.84. The van der Waals surface area contributed by atoms with Crippen molar-refractivity contribution in [2.75, 3.05) is 38.1 Å². The molecule has 2 heterocycles. The maximum atomic E-state index is 12.5. The van der Waals surface area contributed by atoms with Crippen molar-refractivity contribution in [2.24, 2.45) is 5.41 Å². The minimum Gasteiger partial charge on any atom is -0.355 e. The van der Waals surface area contributed by atoms with Crippen molar-refractivity contribution >= 4 is 17.6 Å². The van der Waals surface area contributed by atoms with Gasteiger partial charge in [0.1, 0.15) is 5.82 Å². The van der Waals surface area contributed by atoms with E-state index in [9.17, 15) is 9.59 Å². The van der Waals surface area contributed by atoms with E-state index in [1.165, 1.54) is 0 Å². The van der Waals surface area contributed by atoms with Crippen LogP contribution in [-0.4, -0.2) is 54.9 Å². The first kappa shape index (κ1) is 17.2. The maximum absolute atomic E-state index is 12.5. The average molecular weight is 318 g/mol. The molecule has 0 unspecified atom stereocenters. The van der Waals surface area contributed by atoms with E-state index in [0.717, 1.165) is 19.5 Å². The Kier molecular flexibility index (Phi) is 5.23. The molecule has 6 heteroatoms. The minimum absolute atomic E-state index is 0.139. The van der Waals surface area contributed by atoms with Crippen LogP contribution < -0.4 is 10.2 Å². The van der Waals surface area contributed by atoms with E-state index < -0.39 is 0 Å². The summed E-state index contributed by atoms with van der Waals surface area (Å²) in [5.41, 5.74) is 0.207. The molecule has 2 amide bonds. The number of amides is 2. The molecule has 23 heavy (non-hydrogen) atoms. The number of anilines is 1. The van der Waals surface area contributed by atoms with E-state index in [4.69, 9.17) is 0 Å². The molecule has 1 aliphatic rings. The van der Waals surface area contributed by atoms with Crippen molar-refractivity contribution in [2.45, 2.75) is 27.2 Å². The van der Waals surface area contributed by atoms with Crippen molar-refractivity contribution in [1.29, 1.82) is 0 Å². The number of rotatable bonds is 2. The first-order chi connectivity index (χ1) is 10.8. The quantitative estimate of drug-likeness (QED) is 0.898. The number of aromatic nitrogens is 1. The molecule has 0 aromatic carbocycles. The Hall–Kier alpha value is -2.11. The predicted octanol–water partition coefficient (Wildman–Crippen LogP) is 1.53. The molecule has 2 rings (SSSR count). The fourth-order valence-electron chi connectivity index (χ4n) is 2.77. The standard InChI is InChI=1S/C17H26N4O2/c1-17(2,3)16(23)21-10-6-9-20(11-12-21)14-13(15(22)18-4)7-5-8-19-14/h5,7-8H,6,9-12H2,1-4H3,(H,18,22). The lowest BCUT2D eigenvalue weighted by atomic mass is 9.94. The molecule has 1 fully saturated rings.